The lowest BCUT2D eigenvalue weighted by Gasteiger charge is -2.42. The van der Waals surface area contributed by atoms with Crippen LogP contribution >= 0.6 is 11.6 Å². The molecule has 1 aromatic rings. The van der Waals surface area contributed by atoms with Gasteiger partial charge in [-0.15, -0.1) is 0 Å². The van der Waals surface area contributed by atoms with E-state index in [1.807, 2.05) is 0 Å². The number of carbonyl (C=O) groups is 1. The molecule has 0 saturated heterocycles. The smallest absolute Gasteiger partial charge is 0.258 e. The molecule has 5 heteroatoms. The summed E-state index contributed by atoms with van der Waals surface area (Å²) in [6.45, 7) is 14.9. The van der Waals surface area contributed by atoms with E-state index in [-0.39, 0.29) is 5.78 Å². The highest BCUT2D eigenvalue weighted by atomic mass is 35.5. The first-order valence-corrected chi connectivity index (χ1v) is 10.7. The maximum atomic E-state index is 11.9. The lowest BCUT2D eigenvalue weighted by molar-refractivity contribution is 0.101. The first kappa shape index (κ1) is 20.0. The topological polar surface area (TPSA) is 35.5 Å². The van der Waals surface area contributed by atoms with Gasteiger partial charge in [-0.1, -0.05) is 53.1 Å². The molecular formula is C18H29ClO3Si. The van der Waals surface area contributed by atoms with Gasteiger partial charge in [-0.2, -0.15) is 0 Å². The second-order valence-electron chi connectivity index (χ2n) is 6.96. The highest BCUT2D eigenvalue weighted by molar-refractivity contribution is 6.78. The molecule has 0 N–H and O–H groups in total. The van der Waals surface area contributed by atoms with Crippen molar-refractivity contribution in [2.75, 3.05) is 7.11 Å². The molecular weight excluding hydrogens is 328 g/mol. The molecule has 0 bridgehead atoms. The second-order valence-corrected chi connectivity index (χ2v) is 12.7. The predicted molar refractivity (Wildman–Crippen MR) is 99.7 cm³/mol. The third kappa shape index (κ3) is 3.91. The Labute approximate surface area is 146 Å². The van der Waals surface area contributed by atoms with E-state index in [0.717, 1.165) is 0 Å². The lowest BCUT2D eigenvalue weighted by atomic mass is 10.1. The van der Waals surface area contributed by atoms with Gasteiger partial charge in [0.15, 0.2) is 5.78 Å². The molecule has 3 nitrogen and oxygen atoms in total. The predicted octanol–water partition coefficient (Wildman–Crippen LogP) is 6.11. The van der Waals surface area contributed by atoms with Crippen LogP contribution in [0.3, 0.4) is 0 Å². The summed E-state index contributed by atoms with van der Waals surface area (Å²) in [6.07, 6.45) is 0. The zero-order valence-corrected chi connectivity index (χ0v) is 17.2. The quantitative estimate of drug-likeness (QED) is 0.437. The Balaban J connectivity index is 3.43. The Kier molecular flexibility index (Phi) is 6.72. The van der Waals surface area contributed by atoms with E-state index in [0.29, 0.717) is 38.7 Å². The van der Waals surface area contributed by atoms with Gasteiger partial charge < -0.3 is 9.16 Å². The fourth-order valence-electron chi connectivity index (χ4n) is 3.65. The molecule has 0 heterocycles. The molecule has 0 aliphatic rings. The number of ketones is 1. The van der Waals surface area contributed by atoms with E-state index < -0.39 is 8.32 Å². The number of methoxy groups -OCH3 is 1. The normalized spacial score (nSPS) is 12.2. The van der Waals surface area contributed by atoms with Crippen LogP contribution in [0.4, 0.5) is 0 Å². The average molecular weight is 357 g/mol. The summed E-state index contributed by atoms with van der Waals surface area (Å²) in [7, 11) is -0.570. The summed E-state index contributed by atoms with van der Waals surface area (Å²) in [5, 5.41) is 0.411. The Morgan fingerprint density at radius 3 is 1.87 bits per heavy atom. The van der Waals surface area contributed by atoms with Gasteiger partial charge in [-0.3, -0.25) is 4.79 Å². The highest BCUT2D eigenvalue weighted by Crippen LogP contribution is 2.44. The third-order valence-corrected chi connectivity index (χ3v) is 10.9. The number of Topliss-reactive ketones (excluding diaryl/α,β-unsaturated/α-hetero) is 1. The molecule has 0 spiro atoms. The second kappa shape index (κ2) is 7.71. The number of ether oxygens (including phenoxy) is 1. The zero-order valence-electron chi connectivity index (χ0n) is 15.5. The van der Waals surface area contributed by atoms with E-state index in [1.54, 1.807) is 12.1 Å². The summed E-state index contributed by atoms with van der Waals surface area (Å²) >= 11 is 6.30. The van der Waals surface area contributed by atoms with E-state index in [4.69, 9.17) is 20.8 Å². The van der Waals surface area contributed by atoms with Crippen LogP contribution in [-0.2, 0) is 0 Å². The van der Waals surface area contributed by atoms with Crippen molar-refractivity contribution >= 4 is 25.7 Å². The van der Waals surface area contributed by atoms with Crippen LogP contribution in [0.1, 0.15) is 58.8 Å². The number of halogens is 1. The van der Waals surface area contributed by atoms with Crippen molar-refractivity contribution in [2.24, 2.45) is 0 Å². The minimum absolute atomic E-state index is 0.0832. The summed E-state index contributed by atoms with van der Waals surface area (Å²) in [6, 6.07) is 3.53. The number of carbonyl (C=O) groups excluding carboxylic acids is 1. The van der Waals surface area contributed by atoms with Crippen molar-refractivity contribution in [1.82, 2.24) is 0 Å². The number of rotatable bonds is 7. The molecule has 0 amide bonds. The van der Waals surface area contributed by atoms with Crippen molar-refractivity contribution in [1.29, 1.82) is 0 Å². The van der Waals surface area contributed by atoms with E-state index in [9.17, 15) is 4.79 Å². The van der Waals surface area contributed by atoms with Crippen LogP contribution in [0.15, 0.2) is 12.1 Å². The molecule has 0 aliphatic heterocycles. The van der Waals surface area contributed by atoms with Gasteiger partial charge >= 0.3 is 0 Å². The van der Waals surface area contributed by atoms with Gasteiger partial charge in [-0.25, -0.2) is 0 Å². The maximum Gasteiger partial charge on any atom is 0.258 e. The van der Waals surface area contributed by atoms with Crippen molar-refractivity contribution in [2.45, 2.75) is 65.1 Å². The van der Waals surface area contributed by atoms with Crippen LogP contribution in [0.25, 0.3) is 0 Å². The molecule has 0 aromatic heterocycles. The first-order chi connectivity index (χ1) is 10.6. The maximum absolute atomic E-state index is 11.9. The van der Waals surface area contributed by atoms with Crippen molar-refractivity contribution in [3.05, 3.63) is 22.7 Å². The molecule has 1 aromatic carbocycles. The molecule has 0 fully saturated rings. The molecule has 0 radical (unpaired) electrons. The molecule has 0 unspecified atom stereocenters. The standard InChI is InChI=1S/C18H29ClO3Si/c1-11(2)23(12(3)4,13(5)6)22-15-9-16(14(7)20)18(21-8)17(19)10-15/h9-13H,1-8H3. The Morgan fingerprint density at radius 2 is 1.52 bits per heavy atom. The van der Waals surface area contributed by atoms with Gasteiger partial charge in [0.2, 0.25) is 0 Å². The number of hydrogen-bond acceptors (Lipinski definition) is 3. The van der Waals surface area contributed by atoms with Crippen LogP contribution in [0, 0.1) is 0 Å². The van der Waals surface area contributed by atoms with Crippen molar-refractivity contribution in [3.63, 3.8) is 0 Å². The monoisotopic (exact) mass is 356 g/mol. The number of benzene rings is 1. The molecule has 0 atom stereocenters. The van der Waals surface area contributed by atoms with E-state index in [2.05, 4.69) is 41.5 Å². The fourth-order valence-corrected chi connectivity index (χ4v) is 9.17. The Morgan fingerprint density at radius 1 is 1.04 bits per heavy atom. The summed E-state index contributed by atoms with van der Waals surface area (Å²) in [5.74, 6) is 1.00. The highest BCUT2D eigenvalue weighted by Gasteiger charge is 2.47. The molecule has 130 valence electrons. The van der Waals surface area contributed by atoms with Gasteiger partial charge in [0.1, 0.15) is 11.5 Å². The molecule has 23 heavy (non-hydrogen) atoms. The minimum Gasteiger partial charge on any atom is -0.543 e. The Bertz CT molecular complexity index is 546. The third-order valence-electron chi connectivity index (χ3n) is 4.60. The van der Waals surface area contributed by atoms with Gasteiger partial charge in [0, 0.05) is 6.07 Å². The minimum atomic E-state index is -2.09. The lowest BCUT2D eigenvalue weighted by Crippen LogP contribution is -2.50. The van der Waals surface area contributed by atoms with Crippen LogP contribution in [-0.4, -0.2) is 21.2 Å². The van der Waals surface area contributed by atoms with Crippen LogP contribution < -0.4 is 9.16 Å². The zero-order chi connectivity index (χ0) is 17.9. The molecule has 0 aliphatic carbocycles. The Hall–Kier alpha value is -1.00. The first-order valence-electron chi connectivity index (χ1n) is 8.15. The van der Waals surface area contributed by atoms with Gasteiger partial charge in [0.25, 0.3) is 8.32 Å². The SMILES string of the molecule is COc1c(Cl)cc(O[Si](C(C)C)(C(C)C)C(C)C)cc1C(C)=O. The average Bonchev–Trinajstić information content (AvgIpc) is 2.42. The van der Waals surface area contributed by atoms with Gasteiger partial charge in [0.05, 0.1) is 17.7 Å². The number of hydrogen-bond donors (Lipinski definition) is 0. The summed E-state index contributed by atoms with van der Waals surface area (Å²) in [4.78, 5) is 11.9. The summed E-state index contributed by atoms with van der Waals surface area (Å²) < 4.78 is 11.9. The molecule has 0 saturated carbocycles. The van der Waals surface area contributed by atoms with E-state index in [1.165, 1.54) is 14.0 Å². The largest absolute Gasteiger partial charge is 0.543 e. The van der Waals surface area contributed by atoms with Crippen molar-refractivity contribution < 1.29 is 14.0 Å². The fraction of sp³-hybridized carbons (Fsp3) is 0.611. The van der Waals surface area contributed by atoms with Crippen LogP contribution in [0.5, 0.6) is 11.5 Å². The van der Waals surface area contributed by atoms with E-state index >= 15 is 0 Å². The van der Waals surface area contributed by atoms with Crippen molar-refractivity contribution in [3.8, 4) is 11.5 Å². The van der Waals surface area contributed by atoms with Gasteiger partial charge in [-0.05, 0) is 29.6 Å². The van der Waals surface area contributed by atoms with Crippen LogP contribution in [0.2, 0.25) is 21.6 Å². The molecule has 1 rings (SSSR count). The summed E-state index contributed by atoms with van der Waals surface area (Å²) in [5.41, 5.74) is 1.81.